The number of fused-ring (bicyclic) bond motifs is 2. The van der Waals surface area contributed by atoms with E-state index in [2.05, 4.69) is 28.5 Å². The lowest BCUT2D eigenvalue weighted by Crippen LogP contribution is -2.24. The fourth-order valence-electron chi connectivity index (χ4n) is 3.77. The van der Waals surface area contributed by atoms with E-state index in [-0.39, 0.29) is 17.9 Å². The predicted octanol–water partition coefficient (Wildman–Crippen LogP) is 3.64. The van der Waals surface area contributed by atoms with Crippen molar-refractivity contribution in [2.45, 2.75) is 12.6 Å². The van der Waals surface area contributed by atoms with Crippen molar-refractivity contribution in [2.24, 2.45) is 5.92 Å². The average Bonchev–Trinajstić information content (AvgIpc) is 3.19. The number of hydrogen-bond acceptors (Lipinski definition) is 3. The topological polar surface area (TPSA) is 46.9 Å². The third-order valence-corrected chi connectivity index (χ3v) is 5.34. The zero-order valence-electron chi connectivity index (χ0n) is 15.0. The maximum Gasteiger partial charge on any atom is 0.261 e. The van der Waals surface area contributed by atoms with Crippen molar-refractivity contribution >= 4 is 16.5 Å². The molecule has 5 rings (SSSR count). The Labute approximate surface area is 161 Å². The van der Waals surface area contributed by atoms with Gasteiger partial charge in [0.05, 0.1) is 29.8 Å². The highest BCUT2D eigenvalue weighted by Crippen LogP contribution is 2.29. The van der Waals surface area contributed by atoms with Gasteiger partial charge in [0, 0.05) is 11.5 Å². The first kappa shape index (κ1) is 16.7. The van der Waals surface area contributed by atoms with Crippen molar-refractivity contribution in [2.75, 3.05) is 0 Å². The highest BCUT2D eigenvalue weighted by atomic mass is 19.1. The Balaban J connectivity index is 1.45. The smallest absolute Gasteiger partial charge is 0.261 e. The van der Waals surface area contributed by atoms with Crippen LogP contribution in [0.5, 0.6) is 0 Å². The van der Waals surface area contributed by atoms with Gasteiger partial charge in [-0.1, -0.05) is 48.6 Å². The van der Waals surface area contributed by atoms with E-state index in [4.69, 9.17) is 0 Å². The van der Waals surface area contributed by atoms with Crippen LogP contribution in [0.25, 0.3) is 16.5 Å². The molecule has 0 saturated carbocycles. The van der Waals surface area contributed by atoms with E-state index in [0.29, 0.717) is 28.4 Å². The lowest BCUT2D eigenvalue weighted by Gasteiger charge is -2.19. The van der Waals surface area contributed by atoms with Gasteiger partial charge in [0.2, 0.25) is 0 Å². The summed E-state index contributed by atoms with van der Waals surface area (Å²) in [6.45, 7) is 0.148. The molecule has 0 amide bonds. The quantitative estimate of drug-likeness (QED) is 0.765. The van der Waals surface area contributed by atoms with Gasteiger partial charge in [-0.25, -0.2) is 9.37 Å². The molecule has 4 nitrogen and oxygen atoms in total. The molecule has 2 unspecified atom stereocenters. The summed E-state index contributed by atoms with van der Waals surface area (Å²) in [7, 11) is 0. The summed E-state index contributed by atoms with van der Waals surface area (Å²) >= 11 is 0. The fourth-order valence-corrected chi connectivity index (χ4v) is 3.77. The minimum absolute atomic E-state index is 0.148. The second-order valence-corrected chi connectivity index (χ2v) is 7.11. The number of rotatable bonds is 3. The van der Waals surface area contributed by atoms with Crippen LogP contribution in [0, 0.1) is 11.7 Å². The van der Waals surface area contributed by atoms with Gasteiger partial charge in [0.25, 0.3) is 5.56 Å². The van der Waals surface area contributed by atoms with Crippen LogP contribution in [0.15, 0.2) is 84.1 Å². The minimum atomic E-state index is -0.325. The molecule has 28 heavy (non-hydrogen) atoms. The Hall–Kier alpha value is -3.47. The van der Waals surface area contributed by atoms with Crippen LogP contribution in [-0.2, 0) is 6.54 Å². The summed E-state index contributed by atoms with van der Waals surface area (Å²) in [6, 6.07) is 12.7. The molecule has 2 atom stereocenters. The first-order chi connectivity index (χ1) is 13.7. The lowest BCUT2D eigenvalue weighted by molar-refractivity contribution is 0.595. The summed E-state index contributed by atoms with van der Waals surface area (Å²) in [5, 5.41) is 3.81. The lowest BCUT2D eigenvalue weighted by atomic mass is 9.90. The molecular weight excluding hydrogens is 353 g/mol. The monoisotopic (exact) mass is 371 g/mol. The number of hydrogen-bond donors (Lipinski definition) is 1. The molecule has 138 valence electrons. The molecule has 1 aliphatic heterocycles. The molecule has 2 aliphatic rings. The third kappa shape index (κ3) is 2.85. The zero-order chi connectivity index (χ0) is 19.1. The second-order valence-electron chi connectivity index (χ2n) is 7.11. The minimum Gasteiger partial charge on any atom is -0.384 e. The van der Waals surface area contributed by atoms with Crippen molar-refractivity contribution in [1.29, 1.82) is 0 Å². The van der Waals surface area contributed by atoms with E-state index in [1.807, 2.05) is 24.4 Å². The molecule has 3 aromatic rings. The highest BCUT2D eigenvalue weighted by Gasteiger charge is 2.22. The number of nitrogens with one attached hydrogen (secondary N) is 1. The van der Waals surface area contributed by atoms with Gasteiger partial charge in [-0.2, -0.15) is 0 Å². The summed E-state index contributed by atoms with van der Waals surface area (Å²) < 4.78 is 16.2. The number of benzene rings is 2. The molecular formula is C23H18FN3O. The van der Waals surface area contributed by atoms with Gasteiger partial charge in [0.1, 0.15) is 5.82 Å². The summed E-state index contributed by atoms with van der Waals surface area (Å²) in [5.41, 5.74) is 2.77. The Bertz CT molecular complexity index is 1220. The van der Waals surface area contributed by atoms with Gasteiger partial charge in [-0.15, -0.1) is 0 Å². The molecule has 2 aromatic carbocycles. The standard InChI is InChI=1S/C23H18FN3O/c24-20-12-16(15-7-8-21-17(11-15)9-10-25-21)5-6-18(20)13-27-14-26-22-4-2-1-3-19(22)23(27)28/h1-12,14,17,21,25H,13H2. The van der Waals surface area contributed by atoms with E-state index in [1.165, 1.54) is 17.0 Å². The first-order valence-corrected chi connectivity index (χ1v) is 9.25. The molecule has 0 radical (unpaired) electrons. The van der Waals surface area contributed by atoms with Gasteiger partial charge in [0.15, 0.2) is 0 Å². The van der Waals surface area contributed by atoms with Crippen molar-refractivity contribution in [1.82, 2.24) is 14.9 Å². The Morgan fingerprint density at radius 1 is 1.14 bits per heavy atom. The van der Waals surface area contributed by atoms with E-state index < -0.39 is 0 Å². The zero-order valence-corrected chi connectivity index (χ0v) is 15.0. The van der Waals surface area contributed by atoms with Crippen LogP contribution >= 0.6 is 0 Å². The largest absolute Gasteiger partial charge is 0.384 e. The summed E-state index contributed by atoms with van der Waals surface area (Å²) in [5.74, 6) is -0.0286. The fraction of sp³-hybridized carbons (Fsp3) is 0.130. The molecule has 0 saturated heterocycles. The molecule has 2 heterocycles. The number of para-hydroxylation sites is 1. The van der Waals surface area contributed by atoms with E-state index in [9.17, 15) is 9.18 Å². The van der Waals surface area contributed by atoms with Gasteiger partial charge in [-0.3, -0.25) is 9.36 Å². The van der Waals surface area contributed by atoms with Crippen LogP contribution in [-0.4, -0.2) is 15.6 Å². The average molecular weight is 371 g/mol. The SMILES string of the molecule is O=c1c2ccccc2ncn1Cc1ccc(C2=CC3C=CNC3C=C2)cc1F. The maximum absolute atomic E-state index is 14.8. The van der Waals surface area contributed by atoms with Gasteiger partial charge in [-0.05, 0) is 35.5 Å². The Morgan fingerprint density at radius 2 is 2.04 bits per heavy atom. The number of allylic oxidation sites excluding steroid dienone is 2. The Kier molecular flexibility index (Phi) is 3.93. The van der Waals surface area contributed by atoms with Crippen molar-refractivity contribution < 1.29 is 4.39 Å². The van der Waals surface area contributed by atoms with Crippen LogP contribution in [0.1, 0.15) is 11.1 Å². The van der Waals surface area contributed by atoms with Crippen LogP contribution in [0.4, 0.5) is 4.39 Å². The predicted molar refractivity (Wildman–Crippen MR) is 108 cm³/mol. The van der Waals surface area contributed by atoms with Gasteiger partial charge < -0.3 is 5.32 Å². The number of aromatic nitrogens is 2. The van der Waals surface area contributed by atoms with E-state index in [1.54, 1.807) is 24.3 Å². The number of nitrogens with zero attached hydrogens (tertiary/aromatic N) is 2. The number of halogens is 1. The molecule has 5 heteroatoms. The third-order valence-electron chi connectivity index (χ3n) is 5.34. The highest BCUT2D eigenvalue weighted by molar-refractivity contribution is 5.77. The van der Waals surface area contributed by atoms with E-state index >= 15 is 0 Å². The van der Waals surface area contributed by atoms with Crippen molar-refractivity contribution in [3.05, 3.63) is 107 Å². The Morgan fingerprint density at radius 3 is 2.93 bits per heavy atom. The second kappa shape index (κ2) is 6.60. The van der Waals surface area contributed by atoms with Crippen molar-refractivity contribution in [3.63, 3.8) is 0 Å². The van der Waals surface area contributed by atoms with Crippen LogP contribution in [0.3, 0.4) is 0 Å². The van der Waals surface area contributed by atoms with Crippen LogP contribution < -0.4 is 10.9 Å². The van der Waals surface area contributed by atoms with E-state index in [0.717, 1.165) is 11.1 Å². The molecule has 0 bridgehead atoms. The molecule has 0 spiro atoms. The molecule has 1 N–H and O–H groups in total. The molecule has 0 fully saturated rings. The summed E-state index contributed by atoms with van der Waals surface area (Å²) in [4.78, 5) is 16.9. The molecule has 1 aromatic heterocycles. The van der Waals surface area contributed by atoms with Gasteiger partial charge >= 0.3 is 0 Å². The first-order valence-electron chi connectivity index (χ1n) is 9.25. The summed E-state index contributed by atoms with van der Waals surface area (Å²) in [6.07, 6.45) is 11.8. The normalized spacial score (nSPS) is 20.1. The van der Waals surface area contributed by atoms with Crippen molar-refractivity contribution in [3.8, 4) is 0 Å². The maximum atomic E-state index is 14.8. The molecule has 1 aliphatic carbocycles. The van der Waals surface area contributed by atoms with Crippen LogP contribution in [0.2, 0.25) is 0 Å².